The lowest BCUT2D eigenvalue weighted by atomic mass is 10.2. The second-order valence-corrected chi connectivity index (χ2v) is 7.77. The fourth-order valence-corrected chi connectivity index (χ4v) is 2.96. The van der Waals surface area contributed by atoms with Crippen LogP contribution in [0.3, 0.4) is 0 Å². The Kier molecular flexibility index (Phi) is 7.41. The highest BCUT2D eigenvalue weighted by Gasteiger charge is 2.36. The van der Waals surface area contributed by atoms with Gasteiger partial charge < -0.3 is 20.1 Å². The lowest BCUT2D eigenvalue weighted by Crippen LogP contribution is -2.47. The van der Waals surface area contributed by atoms with Crippen molar-refractivity contribution in [3.05, 3.63) is 24.0 Å². The van der Waals surface area contributed by atoms with Gasteiger partial charge in [-0.05, 0) is 45.7 Å². The maximum absolute atomic E-state index is 13.7. The Morgan fingerprint density at radius 1 is 1.28 bits per heavy atom. The molecule has 2 N–H and O–H groups in total. The lowest BCUT2D eigenvalue weighted by Gasteiger charge is -2.28. The molecule has 1 aromatic rings. The normalized spacial score (nSPS) is 16.3. The number of amides is 3. The number of anilines is 1. The van der Waals surface area contributed by atoms with E-state index < -0.39 is 23.6 Å². The molecule has 0 aliphatic carbocycles. The zero-order valence-corrected chi connectivity index (χ0v) is 17.2. The number of halogens is 1. The Hall–Kier alpha value is -2.84. The zero-order chi connectivity index (χ0) is 21.6. The molecule has 1 aromatic carbocycles. The zero-order valence-electron chi connectivity index (χ0n) is 17.2. The van der Waals surface area contributed by atoms with Crippen LogP contribution >= 0.6 is 0 Å². The van der Waals surface area contributed by atoms with Crippen LogP contribution in [0.5, 0.6) is 5.75 Å². The van der Waals surface area contributed by atoms with Gasteiger partial charge in [0.05, 0.1) is 7.11 Å². The summed E-state index contributed by atoms with van der Waals surface area (Å²) in [5.74, 6) is -1.19. The van der Waals surface area contributed by atoms with E-state index in [2.05, 4.69) is 10.6 Å². The fraction of sp³-hybridized carbons (Fsp3) is 0.550. The van der Waals surface area contributed by atoms with Crippen LogP contribution in [0.4, 0.5) is 14.9 Å². The molecule has 0 aromatic heterocycles. The smallest absolute Gasteiger partial charge is 0.410 e. The molecule has 9 heteroatoms. The summed E-state index contributed by atoms with van der Waals surface area (Å²) in [7, 11) is 1.35. The monoisotopic (exact) mass is 409 g/mol. The summed E-state index contributed by atoms with van der Waals surface area (Å²) in [6.07, 6.45) is 0.747. The minimum atomic E-state index is -0.639. The number of ether oxygens (including phenoxy) is 2. The van der Waals surface area contributed by atoms with Crippen LogP contribution in [-0.4, -0.2) is 54.6 Å². The van der Waals surface area contributed by atoms with Crippen molar-refractivity contribution in [1.29, 1.82) is 0 Å². The lowest BCUT2D eigenvalue weighted by molar-refractivity contribution is -0.125. The Bertz CT molecular complexity index is 763. The molecule has 0 bridgehead atoms. The molecule has 1 atom stereocenters. The predicted octanol–water partition coefficient (Wildman–Crippen LogP) is 2.68. The van der Waals surface area contributed by atoms with E-state index in [1.807, 2.05) is 0 Å². The number of benzene rings is 1. The van der Waals surface area contributed by atoms with E-state index >= 15 is 0 Å². The molecule has 0 radical (unpaired) electrons. The van der Waals surface area contributed by atoms with Gasteiger partial charge in [-0.25, -0.2) is 9.18 Å². The fourth-order valence-electron chi connectivity index (χ4n) is 2.96. The van der Waals surface area contributed by atoms with Crippen molar-refractivity contribution in [2.24, 2.45) is 0 Å². The van der Waals surface area contributed by atoms with Crippen molar-refractivity contribution >= 4 is 23.6 Å². The van der Waals surface area contributed by atoms with Crippen LogP contribution < -0.4 is 15.4 Å². The van der Waals surface area contributed by atoms with E-state index in [1.165, 1.54) is 24.1 Å². The molecule has 8 nitrogen and oxygen atoms in total. The number of methoxy groups -OCH3 is 1. The van der Waals surface area contributed by atoms with E-state index in [4.69, 9.17) is 9.47 Å². The Balaban J connectivity index is 1.80. The number of hydrogen-bond acceptors (Lipinski definition) is 5. The van der Waals surface area contributed by atoms with E-state index in [-0.39, 0.29) is 30.5 Å². The molecule has 1 saturated heterocycles. The second kappa shape index (κ2) is 9.58. The van der Waals surface area contributed by atoms with Crippen molar-refractivity contribution in [3.63, 3.8) is 0 Å². The Morgan fingerprint density at radius 3 is 2.62 bits per heavy atom. The molecule has 29 heavy (non-hydrogen) atoms. The highest BCUT2D eigenvalue weighted by Crippen LogP contribution is 2.22. The summed E-state index contributed by atoms with van der Waals surface area (Å²) >= 11 is 0. The predicted molar refractivity (Wildman–Crippen MR) is 105 cm³/mol. The third-order valence-electron chi connectivity index (χ3n) is 4.27. The number of nitrogens with zero attached hydrogens (tertiary/aromatic N) is 1. The largest absolute Gasteiger partial charge is 0.494 e. The third kappa shape index (κ3) is 6.62. The first-order valence-corrected chi connectivity index (χ1v) is 9.51. The van der Waals surface area contributed by atoms with Gasteiger partial charge in [-0.2, -0.15) is 0 Å². The van der Waals surface area contributed by atoms with Gasteiger partial charge in [0.15, 0.2) is 11.6 Å². The van der Waals surface area contributed by atoms with Crippen molar-refractivity contribution in [3.8, 4) is 5.75 Å². The number of hydrogen-bond donors (Lipinski definition) is 2. The Labute approximate surface area is 169 Å². The minimum Gasteiger partial charge on any atom is -0.494 e. The number of carbonyl (C=O) groups excluding carboxylic acids is 3. The van der Waals surface area contributed by atoms with Crippen LogP contribution in [0.1, 0.15) is 40.0 Å². The summed E-state index contributed by atoms with van der Waals surface area (Å²) in [5, 5.41) is 5.24. The Morgan fingerprint density at radius 2 is 2.00 bits per heavy atom. The summed E-state index contributed by atoms with van der Waals surface area (Å²) in [6, 6.07) is 3.49. The summed E-state index contributed by atoms with van der Waals surface area (Å²) in [5.41, 5.74) is -0.341. The highest BCUT2D eigenvalue weighted by atomic mass is 19.1. The third-order valence-corrected chi connectivity index (χ3v) is 4.27. The maximum Gasteiger partial charge on any atom is 0.410 e. The molecule has 0 spiro atoms. The van der Waals surface area contributed by atoms with E-state index in [9.17, 15) is 18.8 Å². The maximum atomic E-state index is 13.7. The number of nitrogens with one attached hydrogen (secondary N) is 2. The van der Waals surface area contributed by atoms with Gasteiger partial charge in [0, 0.05) is 31.3 Å². The summed E-state index contributed by atoms with van der Waals surface area (Å²) < 4.78 is 23.8. The van der Waals surface area contributed by atoms with Gasteiger partial charge in [0.2, 0.25) is 11.8 Å². The number of carbonyl (C=O) groups is 3. The van der Waals surface area contributed by atoms with Crippen molar-refractivity contribution in [2.45, 2.75) is 51.7 Å². The van der Waals surface area contributed by atoms with Crippen LogP contribution in [0.15, 0.2) is 18.2 Å². The van der Waals surface area contributed by atoms with Gasteiger partial charge in [-0.15, -0.1) is 0 Å². The molecule has 160 valence electrons. The quantitative estimate of drug-likeness (QED) is 0.753. The first-order valence-electron chi connectivity index (χ1n) is 9.51. The number of likely N-dealkylation sites (tertiary alicyclic amines) is 1. The van der Waals surface area contributed by atoms with Crippen molar-refractivity contribution in [1.82, 2.24) is 10.2 Å². The number of rotatable bonds is 6. The van der Waals surface area contributed by atoms with Crippen LogP contribution in [0, 0.1) is 5.82 Å². The minimum absolute atomic E-state index is 0.0124. The molecule has 1 aliphatic heterocycles. The molecular weight excluding hydrogens is 381 g/mol. The molecule has 0 unspecified atom stereocenters. The topological polar surface area (TPSA) is 97.0 Å². The van der Waals surface area contributed by atoms with Crippen LogP contribution in [0.2, 0.25) is 0 Å². The van der Waals surface area contributed by atoms with Gasteiger partial charge >= 0.3 is 6.09 Å². The summed E-state index contributed by atoms with van der Waals surface area (Å²) in [4.78, 5) is 38.1. The highest BCUT2D eigenvalue weighted by molar-refractivity contribution is 5.91. The SMILES string of the molecule is COc1ccc(NC(=O)CCNC(=O)[C@@H]2CCCN2C(=O)OC(C)(C)C)cc1F. The first kappa shape index (κ1) is 22.4. The second-order valence-electron chi connectivity index (χ2n) is 7.77. The molecular formula is C20H28FN3O5. The van der Waals surface area contributed by atoms with E-state index in [0.29, 0.717) is 25.1 Å². The van der Waals surface area contributed by atoms with E-state index in [1.54, 1.807) is 20.8 Å². The van der Waals surface area contributed by atoms with Crippen molar-refractivity contribution in [2.75, 3.05) is 25.5 Å². The van der Waals surface area contributed by atoms with Gasteiger partial charge in [0.1, 0.15) is 11.6 Å². The average Bonchev–Trinajstić information content (AvgIpc) is 3.10. The summed E-state index contributed by atoms with van der Waals surface area (Å²) in [6.45, 7) is 5.86. The molecule has 0 saturated carbocycles. The molecule has 2 rings (SSSR count). The standard InChI is InChI=1S/C20H28FN3O5/c1-20(2,3)29-19(27)24-11-5-6-15(24)18(26)22-10-9-17(25)23-13-7-8-16(28-4)14(21)12-13/h7-8,12,15H,5-6,9-11H2,1-4H3,(H,22,26)(H,23,25)/t15-/m0/s1. The van der Waals surface area contributed by atoms with Crippen LogP contribution in [-0.2, 0) is 14.3 Å². The van der Waals surface area contributed by atoms with Gasteiger partial charge in [0.25, 0.3) is 0 Å². The van der Waals surface area contributed by atoms with Gasteiger partial charge in [-0.1, -0.05) is 0 Å². The molecule has 3 amide bonds. The molecule has 1 aliphatic rings. The van der Waals surface area contributed by atoms with E-state index in [0.717, 1.165) is 6.07 Å². The van der Waals surface area contributed by atoms with Crippen molar-refractivity contribution < 1.29 is 28.2 Å². The average molecular weight is 409 g/mol. The molecule has 1 fully saturated rings. The van der Waals surface area contributed by atoms with Gasteiger partial charge in [-0.3, -0.25) is 14.5 Å². The first-order chi connectivity index (χ1) is 13.6. The molecule has 1 heterocycles. The van der Waals surface area contributed by atoms with Crippen LogP contribution in [0.25, 0.3) is 0 Å².